The molecule has 0 fully saturated rings. The second-order valence-electron chi connectivity index (χ2n) is 6.13. The Labute approximate surface area is 168 Å². The normalized spacial score (nSPS) is 10.8. The Hall–Kier alpha value is -2.24. The fourth-order valence-electron chi connectivity index (χ4n) is 2.74. The van der Waals surface area contributed by atoms with Gasteiger partial charge in [-0.05, 0) is 56.4 Å². The highest BCUT2D eigenvalue weighted by Crippen LogP contribution is 2.22. The van der Waals surface area contributed by atoms with Gasteiger partial charge >= 0.3 is 0 Å². The van der Waals surface area contributed by atoms with Crippen molar-refractivity contribution in [3.63, 3.8) is 0 Å². The van der Waals surface area contributed by atoms with Gasteiger partial charge in [0.05, 0.1) is 16.4 Å². The highest BCUT2D eigenvalue weighted by molar-refractivity contribution is 6.31. The van der Waals surface area contributed by atoms with Gasteiger partial charge in [0.15, 0.2) is 5.15 Å². The number of benzene rings is 1. The third kappa shape index (κ3) is 5.37. The molecule has 0 atom stereocenters. The van der Waals surface area contributed by atoms with Crippen LogP contribution in [0, 0.1) is 6.92 Å². The van der Waals surface area contributed by atoms with Crippen molar-refractivity contribution < 1.29 is 4.74 Å². The van der Waals surface area contributed by atoms with Crippen LogP contribution in [0.1, 0.15) is 36.1 Å². The first kappa shape index (κ1) is 19.5. The minimum Gasteiger partial charge on any atom is -0.438 e. The summed E-state index contributed by atoms with van der Waals surface area (Å²) in [6.07, 6.45) is 3.53. The largest absolute Gasteiger partial charge is 0.438 e. The molecule has 3 aromatic rings. The van der Waals surface area contributed by atoms with E-state index in [-0.39, 0.29) is 0 Å². The molecule has 1 aromatic carbocycles. The van der Waals surface area contributed by atoms with E-state index in [9.17, 15) is 0 Å². The number of ether oxygens (including phenoxy) is 1. The van der Waals surface area contributed by atoms with Crippen molar-refractivity contribution in [2.24, 2.45) is 0 Å². The van der Waals surface area contributed by atoms with E-state index in [2.05, 4.69) is 27.1 Å². The van der Waals surface area contributed by atoms with E-state index < -0.39 is 0 Å². The summed E-state index contributed by atoms with van der Waals surface area (Å²) in [6, 6.07) is 11.3. The van der Waals surface area contributed by atoms with Crippen molar-refractivity contribution in [1.82, 2.24) is 20.2 Å². The summed E-state index contributed by atoms with van der Waals surface area (Å²) in [6.45, 7) is 3.96. The van der Waals surface area contributed by atoms with E-state index in [0.29, 0.717) is 21.8 Å². The topological polar surface area (TPSA) is 60.8 Å². The zero-order valence-corrected chi connectivity index (χ0v) is 16.8. The third-order valence-corrected chi connectivity index (χ3v) is 4.71. The first-order valence-electron chi connectivity index (χ1n) is 8.83. The van der Waals surface area contributed by atoms with E-state index >= 15 is 0 Å². The maximum absolute atomic E-state index is 6.41. The molecule has 0 saturated heterocycles. The maximum atomic E-state index is 6.41. The zero-order chi connectivity index (χ0) is 19.2. The minimum absolute atomic E-state index is 0.336. The molecule has 2 heterocycles. The molecule has 0 N–H and O–H groups in total. The molecular formula is C20H20Cl2N4O. The fraction of sp³-hybridized carbons (Fsp3) is 0.300. The van der Waals surface area contributed by atoms with Gasteiger partial charge in [0.25, 0.3) is 0 Å². The molecule has 5 nitrogen and oxygen atoms in total. The number of aryl methyl sites for hydroxylation is 4. The molecule has 0 unspecified atom stereocenters. The lowest BCUT2D eigenvalue weighted by Gasteiger charge is -2.09. The molecule has 140 valence electrons. The van der Waals surface area contributed by atoms with Crippen LogP contribution < -0.4 is 4.74 Å². The Bertz CT molecular complexity index is 899. The molecule has 0 spiro atoms. The summed E-state index contributed by atoms with van der Waals surface area (Å²) in [5, 5.41) is 8.68. The summed E-state index contributed by atoms with van der Waals surface area (Å²) >= 11 is 12.1. The number of rotatable bonds is 7. The van der Waals surface area contributed by atoms with Crippen molar-refractivity contribution >= 4 is 23.2 Å². The first-order chi connectivity index (χ1) is 13.0. The van der Waals surface area contributed by atoms with E-state index in [4.69, 9.17) is 27.9 Å². The van der Waals surface area contributed by atoms with Gasteiger partial charge in [-0.2, -0.15) is 0 Å². The van der Waals surface area contributed by atoms with Gasteiger partial charge in [-0.15, -0.1) is 10.2 Å². The molecule has 27 heavy (non-hydrogen) atoms. The van der Waals surface area contributed by atoms with E-state index in [0.717, 1.165) is 42.9 Å². The Morgan fingerprint density at radius 3 is 2.30 bits per heavy atom. The van der Waals surface area contributed by atoms with Gasteiger partial charge in [-0.3, -0.25) is 0 Å². The van der Waals surface area contributed by atoms with Crippen LogP contribution in [-0.4, -0.2) is 20.2 Å². The smallest absolute Gasteiger partial charge is 0.238 e. The van der Waals surface area contributed by atoms with E-state index in [1.807, 2.05) is 31.2 Å². The van der Waals surface area contributed by atoms with Crippen LogP contribution >= 0.6 is 23.2 Å². The lowest BCUT2D eigenvalue weighted by atomic mass is 10.1. The second-order valence-corrected chi connectivity index (χ2v) is 6.89. The summed E-state index contributed by atoms with van der Waals surface area (Å²) in [4.78, 5) is 8.89. The zero-order valence-electron chi connectivity index (χ0n) is 15.2. The molecular weight excluding hydrogens is 383 g/mol. The third-order valence-electron chi connectivity index (χ3n) is 4.07. The molecule has 2 aromatic heterocycles. The number of hydrogen-bond acceptors (Lipinski definition) is 5. The Morgan fingerprint density at radius 1 is 0.889 bits per heavy atom. The first-order valence-corrected chi connectivity index (χ1v) is 9.58. The summed E-state index contributed by atoms with van der Waals surface area (Å²) in [5.74, 6) is 1.89. The standard InChI is InChI=1S/C20H20Cl2N4O/c1-3-16-20(22)17(24-13(2)23-16)6-4-5-14-7-9-15(10-8-14)27-19-12-11-18(21)25-26-19/h7-12H,3-6H2,1-2H3. The lowest BCUT2D eigenvalue weighted by Crippen LogP contribution is -2.03. The van der Waals surface area contributed by atoms with Crippen LogP contribution in [-0.2, 0) is 19.3 Å². The van der Waals surface area contributed by atoms with Crippen molar-refractivity contribution in [1.29, 1.82) is 0 Å². The predicted octanol–water partition coefficient (Wildman–Crippen LogP) is 5.41. The Balaban J connectivity index is 1.56. The molecule has 0 aliphatic carbocycles. The molecule has 7 heteroatoms. The molecule has 0 bridgehead atoms. The number of nitrogens with zero attached hydrogens (tertiary/aromatic N) is 4. The average Bonchev–Trinajstić information content (AvgIpc) is 2.67. The highest BCUT2D eigenvalue weighted by atomic mass is 35.5. The van der Waals surface area contributed by atoms with Gasteiger partial charge < -0.3 is 4.74 Å². The van der Waals surface area contributed by atoms with Crippen LogP contribution in [0.3, 0.4) is 0 Å². The van der Waals surface area contributed by atoms with Crippen LogP contribution in [0.2, 0.25) is 10.2 Å². The maximum Gasteiger partial charge on any atom is 0.238 e. The monoisotopic (exact) mass is 402 g/mol. The SMILES string of the molecule is CCc1nc(C)nc(CCCc2ccc(Oc3ccc(Cl)nn3)cc2)c1Cl. The number of hydrogen-bond donors (Lipinski definition) is 0. The Morgan fingerprint density at radius 2 is 1.63 bits per heavy atom. The van der Waals surface area contributed by atoms with Gasteiger partial charge in [-0.1, -0.05) is 42.3 Å². The van der Waals surface area contributed by atoms with Gasteiger partial charge in [-0.25, -0.2) is 9.97 Å². The van der Waals surface area contributed by atoms with E-state index in [1.54, 1.807) is 12.1 Å². The average molecular weight is 403 g/mol. The van der Waals surface area contributed by atoms with Gasteiger partial charge in [0.1, 0.15) is 11.6 Å². The van der Waals surface area contributed by atoms with Crippen LogP contribution in [0.5, 0.6) is 11.6 Å². The van der Waals surface area contributed by atoms with Gasteiger partial charge in [0, 0.05) is 6.07 Å². The molecule has 0 amide bonds. The van der Waals surface area contributed by atoms with Crippen LogP contribution in [0.25, 0.3) is 0 Å². The molecule has 0 aliphatic rings. The van der Waals surface area contributed by atoms with Gasteiger partial charge in [0.2, 0.25) is 5.88 Å². The fourth-order valence-corrected chi connectivity index (χ4v) is 3.16. The summed E-state index contributed by atoms with van der Waals surface area (Å²) < 4.78 is 5.65. The molecule has 0 radical (unpaired) electrons. The minimum atomic E-state index is 0.336. The van der Waals surface area contributed by atoms with Crippen LogP contribution in [0.15, 0.2) is 36.4 Å². The highest BCUT2D eigenvalue weighted by Gasteiger charge is 2.10. The Kier molecular flexibility index (Phi) is 6.58. The number of halogens is 2. The predicted molar refractivity (Wildman–Crippen MR) is 107 cm³/mol. The van der Waals surface area contributed by atoms with Crippen molar-refractivity contribution in [3.8, 4) is 11.6 Å². The van der Waals surface area contributed by atoms with Crippen molar-refractivity contribution in [2.45, 2.75) is 39.5 Å². The molecule has 3 rings (SSSR count). The van der Waals surface area contributed by atoms with Crippen molar-refractivity contribution in [2.75, 3.05) is 0 Å². The summed E-state index contributed by atoms with van der Waals surface area (Å²) in [7, 11) is 0. The molecule has 0 aliphatic heterocycles. The van der Waals surface area contributed by atoms with E-state index in [1.165, 1.54) is 5.56 Å². The quantitative estimate of drug-likeness (QED) is 0.528. The second kappa shape index (κ2) is 9.11. The number of aromatic nitrogens is 4. The van der Waals surface area contributed by atoms with Crippen LogP contribution in [0.4, 0.5) is 0 Å². The lowest BCUT2D eigenvalue weighted by molar-refractivity contribution is 0.455. The summed E-state index contributed by atoms with van der Waals surface area (Å²) in [5.41, 5.74) is 3.08. The molecule has 0 saturated carbocycles. The van der Waals surface area contributed by atoms with Crippen molar-refractivity contribution in [3.05, 3.63) is 69.3 Å².